The van der Waals surface area contributed by atoms with E-state index in [1.807, 2.05) is 37.3 Å². The molecule has 1 nitrogen and oxygen atoms in total. The van der Waals surface area contributed by atoms with Gasteiger partial charge < -0.3 is 4.74 Å². The highest BCUT2D eigenvalue weighted by Gasteiger charge is 2.20. The minimum Gasteiger partial charge on any atom is -0.491 e. The number of ether oxygens (including phenoxy) is 1. The van der Waals surface area contributed by atoms with Crippen LogP contribution < -0.4 is 4.74 Å². The van der Waals surface area contributed by atoms with Gasteiger partial charge in [0.05, 0.1) is 11.5 Å². The molecule has 0 radical (unpaired) electrons. The minimum absolute atomic E-state index is 0.0429. The van der Waals surface area contributed by atoms with Crippen LogP contribution in [0.2, 0.25) is 0 Å². The number of alkyl halides is 1. The van der Waals surface area contributed by atoms with Crippen LogP contribution >= 0.6 is 22.9 Å². The van der Waals surface area contributed by atoms with Gasteiger partial charge in [0.15, 0.2) is 0 Å². The Balaban J connectivity index is 1.77. The average Bonchev–Trinajstić information content (AvgIpc) is 2.98. The van der Waals surface area contributed by atoms with Crippen LogP contribution in [0.5, 0.6) is 5.75 Å². The molecule has 3 heteroatoms. The zero-order chi connectivity index (χ0) is 14.1. The van der Waals surface area contributed by atoms with E-state index in [9.17, 15) is 0 Å². The molecule has 2 aromatic rings. The molecule has 1 atom stereocenters. The number of halogens is 1. The first-order chi connectivity index (χ1) is 9.63. The third-order valence-electron chi connectivity index (χ3n) is 3.56. The molecule has 0 fully saturated rings. The fraction of sp³-hybridized carbons (Fsp3) is 0.412. The maximum atomic E-state index is 6.63. The molecular formula is C17H19ClOS. The average molecular weight is 307 g/mol. The summed E-state index contributed by atoms with van der Waals surface area (Å²) in [6.07, 6.45) is 3.95. The van der Waals surface area contributed by atoms with E-state index in [1.54, 1.807) is 0 Å². The Bertz CT molecular complexity index is 564. The molecule has 0 saturated heterocycles. The van der Waals surface area contributed by atoms with Crippen molar-refractivity contribution in [3.05, 3.63) is 51.2 Å². The molecule has 1 unspecified atom stereocenters. The van der Waals surface area contributed by atoms with Crippen molar-refractivity contribution >= 4 is 22.9 Å². The number of aryl methyl sites for hydroxylation is 2. The van der Waals surface area contributed by atoms with Gasteiger partial charge in [-0.3, -0.25) is 0 Å². The van der Waals surface area contributed by atoms with E-state index < -0.39 is 0 Å². The summed E-state index contributed by atoms with van der Waals surface area (Å²) in [5.41, 5.74) is 2.65. The van der Waals surface area contributed by atoms with Crippen molar-refractivity contribution < 1.29 is 4.74 Å². The zero-order valence-corrected chi connectivity index (χ0v) is 13.4. The van der Waals surface area contributed by atoms with Crippen LogP contribution in [0.4, 0.5) is 0 Å². The molecule has 1 heterocycles. The van der Waals surface area contributed by atoms with Gasteiger partial charge in [0.2, 0.25) is 0 Å². The number of hydrogen-bond acceptors (Lipinski definition) is 2. The second kappa shape index (κ2) is 5.79. The van der Waals surface area contributed by atoms with Crippen LogP contribution in [-0.4, -0.2) is 6.10 Å². The maximum Gasteiger partial charge on any atom is 0.119 e. The number of fused-ring (bicyclic) bond motifs is 1. The maximum absolute atomic E-state index is 6.63. The first-order valence-electron chi connectivity index (χ1n) is 7.15. The lowest BCUT2D eigenvalue weighted by molar-refractivity contribution is 0.242. The van der Waals surface area contributed by atoms with Gasteiger partial charge in [0.1, 0.15) is 5.75 Å². The number of rotatable bonds is 4. The summed E-state index contributed by atoms with van der Waals surface area (Å²) in [4.78, 5) is 2.80. The smallest absolute Gasteiger partial charge is 0.119 e. The van der Waals surface area contributed by atoms with Crippen molar-refractivity contribution in [2.75, 3.05) is 0 Å². The molecule has 0 bridgehead atoms. The first-order valence-corrected chi connectivity index (χ1v) is 8.41. The third kappa shape index (κ3) is 2.87. The SMILES string of the molecule is CC(C)Oc1ccc(C(Cl)c2cc3c(s2)CCC3)cc1. The van der Waals surface area contributed by atoms with Gasteiger partial charge in [-0.25, -0.2) is 0 Å². The monoisotopic (exact) mass is 306 g/mol. The van der Waals surface area contributed by atoms with Gasteiger partial charge in [0.25, 0.3) is 0 Å². The molecule has 1 aliphatic rings. The van der Waals surface area contributed by atoms with Crippen molar-refractivity contribution in [3.8, 4) is 5.75 Å². The molecule has 0 N–H and O–H groups in total. The summed E-state index contributed by atoms with van der Waals surface area (Å²) >= 11 is 8.50. The molecule has 20 heavy (non-hydrogen) atoms. The highest BCUT2D eigenvalue weighted by atomic mass is 35.5. The van der Waals surface area contributed by atoms with E-state index in [-0.39, 0.29) is 11.5 Å². The zero-order valence-electron chi connectivity index (χ0n) is 11.9. The van der Waals surface area contributed by atoms with Crippen molar-refractivity contribution in [2.45, 2.75) is 44.6 Å². The lowest BCUT2D eigenvalue weighted by atomic mass is 10.1. The molecule has 3 rings (SSSR count). The van der Waals surface area contributed by atoms with Gasteiger partial charge in [-0.15, -0.1) is 22.9 Å². The van der Waals surface area contributed by atoms with E-state index in [4.69, 9.17) is 16.3 Å². The van der Waals surface area contributed by atoms with Crippen LogP contribution in [-0.2, 0) is 12.8 Å². The van der Waals surface area contributed by atoms with Gasteiger partial charge in [-0.2, -0.15) is 0 Å². The van der Waals surface area contributed by atoms with E-state index in [1.165, 1.54) is 34.6 Å². The lowest BCUT2D eigenvalue weighted by Gasteiger charge is -2.12. The second-order valence-corrected chi connectivity index (χ2v) is 7.15. The van der Waals surface area contributed by atoms with Crippen LogP contribution in [0.1, 0.15) is 46.5 Å². The van der Waals surface area contributed by atoms with Crippen LogP contribution in [0, 0.1) is 0 Å². The van der Waals surface area contributed by atoms with E-state index in [0.29, 0.717) is 0 Å². The predicted molar refractivity (Wildman–Crippen MR) is 86.2 cm³/mol. The van der Waals surface area contributed by atoms with E-state index in [2.05, 4.69) is 18.2 Å². The van der Waals surface area contributed by atoms with Crippen LogP contribution in [0.3, 0.4) is 0 Å². The summed E-state index contributed by atoms with van der Waals surface area (Å²) < 4.78 is 5.66. The number of thiophene rings is 1. The molecule has 0 spiro atoms. The molecule has 1 aromatic heterocycles. The second-order valence-electron chi connectivity index (χ2n) is 5.55. The van der Waals surface area contributed by atoms with Gasteiger partial charge in [0, 0.05) is 9.75 Å². The summed E-state index contributed by atoms with van der Waals surface area (Å²) in [6, 6.07) is 10.4. The molecule has 0 aliphatic heterocycles. The Kier molecular flexibility index (Phi) is 4.04. The minimum atomic E-state index is -0.0429. The third-order valence-corrected chi connectivity index (χ3v) is 5.48. The Morgan fingerprint density at radius 1 is 1.15 bits per heavy atom. The molecule has 0 saturated carbocycles. The summed E-state index contributed by atoms with van der Waals surface area (Å²) in [5.74, 6) is 0.904. The predicted octanol–water partition coefficient (Wildman–Crippen LogP) is 5.35. The molecule has 1 aromatic carbocycles. The Morgan fingerprint density at radius 3 is 2.55 bits per heavy atom. The highest BCUT2D eigenvalue weighted by molar-refractivity contribution is 7.12. The molecule has 1 aliphatic carbocycles. The van der Waals surface area contributed by atoms with E-state index >= 15 is 0 Å². The fourth-order valence-electron chi connectivity index (χ4n) is 2.63. The van der Waals surface area contributed by atoms with Crippen LogP contribution in [0.15, 0.2) is 30.3 Å². The fourth-order valence-corrected chi connectivity index (χ4v) is 4.23. The summed E-state index contributed by atoms with van der Waals surface area (Å²) in [5, 5.41) is -0.0429. The number of hydrogen-bond donors (Lipinski definition) is 0. The van der Waals surface area contributed by atoms with Crippen molar-refractivity contribution in [1.29, 1.82) is 0 Å². The normalized spacial score (nSPS) is 15.4. The number of benzene rings is 1. The first kappa shape index (κ1) is 14.0. The van der Waals surface area contributed by atoms with E-state index in [0.717, 1.165) is 11.3 Å². The summed E-state index contributed by atoms with van der Waals surface area (Å²) in [7, 11) is 0. The molecule has 0 amide bonds. The topological polar surface area (TPSA) is 9.23 Å². The molecule has 106 valence electrons. The van der Waals surface area contributed by atoms with Crippen molar-refractivity contribution in [2.24, 2.45) is 0 Å². The standard InChI is InChI=1S/C17H19ClOS/c1-11(2)19-14-8-6-12(7-9-14)17(18)16-10-13-4-3-5-15(13)20-16/h6-11,17H,3-5H2,1-2H3. The van der Waals surface area contributed by atoms with Crippen LogP contribution in [0.25, 0.3) is 0 Å². The molecular weight excluding hydrogens is 288 g/mol. The van der Waals surface area contributed by atoms with Gasteiger partial charge >= 0.3 is 0 Å². The van der Waals surface area contributed by atoms with Gasteiger partial charge in [-0.1, -0.05) is 12.1 Å². The van der Waals surface area contributed by atoms with Gasteiger partial charge in [-0.05, 0) is 62.4 Å². The quantitative estimate of drug-likeness (QED) is 0.692. The Morgan fingerprint density at radius 2 is 1.90 bits per heavy atom. The van der Waals surface area contributed by atoms with Crippen molar-refractivity contribution in [1.82, 2.24) is 0 Å². The largest absolute Gasteiger partial charge is 0.491 e. The Labute approximate surface area is 129 Å². The highest BCUT2D eigenvalue weighted by Crippen LogP contribution is 2.39. The summed E-state index contributed by atoms with van der Waals surface area (Å²) in [6.45, 7) is 4.07. The lowest BCUT2D eigenvalue weighted by Crippen LogP contribution is -2.05. The Hall–Kier alpha value is -0.990. The van der Waals surface area contributed by atoms with Crippen molar-refractivity contribution in [3.63, 3.8) is 0 Å².